The first-order valence-corrected chi connectivity index (χ1v) is 5.57. The van der Waals surface area contributed by atoms with Gasteiger partial charge in [0.15, 0.2) is 0 Å². The number of hydrogen-bond acceptors (Lipinski definition) is 5. The molecule has 0 radical (unpaired) electrons. The Morgan fingerprint density at radius 3 is 3.25 bits per heavy atom. The number of methoxy groups -OCH3 is 1. The van der Waals surface area contributed by atoms with E-state index in [2.05, 4.69) is 15.3 Å². The molecule has 5 nitrogen and oxygen atoms in total. The molecule has 0 atom stereocenters. The first-order chi connectivity index (χ1) is 7.90. The summed E-state index contributed by atoms with van der Waals surface area (Å²) in [7, 11) is 1.68. The van der Waals surface area contributed by atoms with E-state index in [0.717, 1.165) is 31.6 Å². The van der Waals surface area contributed by atoms with Gasteiger partial charge in [-0.15, -0.1) is 0 Å². The van der Waals surface area contributed by atoms with Crippen LogP contribution in [0.25, 0.3) is 0 Å². The monoisotopic (exact) mass is 223 g/mol. The first kappa shape index (κ1) is 11.3. The molecule has 16 heavy (non-hydrogen) atoms. The van der Waals surface area contributed by atoms with E-state index in [0.29, 0.717) is 19.2 Å². The van der Waals surface area contributed by atoms with Crippen LogP contribution < -0.4 is 10.1 Å². The molecule has 0 amide bonds. The number of hydrogen-bond donors (Lipinski definition) is 1. The fourth-order valence-corrected chi connectivity index (χ4v) is 1.65. The van der Waals surface area contributed by atoms with Crippen LogP contribution in [-0.4, -0.2) is 36.8 Å². The highest BCUT2D eigenvalue weighted by molar-refractivity contribution is 5.21. The third kappa shape index (κ3) is 2.90. The average Bonchev–Trinajstić information content (AvgIpc) is 2.34. The lowest BCUT2D eigenvalue weighted by Crippen LogP contribution is -2.25. The predicted octanol–water partition coefficient (Wildman–Crippen LogP) is 0.538. The lowest BCUT2D eigenvalue weighted by molar-refractivity contribution is 0.168. The van der Waals surface area contributed by atoms with Crippen molar-refractivity contribution < 1.29 is 9.47 Å². The lowest BCUT2D eigenvalue weighted by Gasteiger charge is -2.15. The highest BCUT2D eigenvalue weighted by Crippen LogP contribution is 2.13. The van der Waals surface area contributed by atoms with Crippen molar-refractivity contribution >= 4 is 0 Å². The quantitative estimate of drug-likeness (QED) is 0.738. The van der Waals surface area contributed by atoms with Gasteiger partial charge in [-0.2, -0.15) is 4.98 Å². The summed E-state index contributed by atoms with van der Waals surface area (Å²) < 4.78 is 10.4. The molecule has 5 heteroatoms. The first-order valence-electron chi connectivity index (χ1n) is 5.57. The minimum Gasteiger partial charge on any atom is -0.463 e. The maximum atomic E-state index is 5.45. The Bertz CT molecular complexity index is 344. The molecule has 0 aliphatic carbocycles. The lowest BCUT2D eigenvalue weighted by atomic mass is 10.1. The second kappa shape index (κ2) is 5.77. The molecule has 1 N–H and O–H groups in total. The van der Waals surface area contributed by atoms with Crippen molar-refractivity contribution in [1.82, 2.24) is 15.3 Å². The van der Waals surface area contributed by atoms with Crippen LogP contribution >= 0.6 is 0 Å². The molecule has 2 rings (SSSR count). The van der Waals surface area contributed by atoms with Gasteiger partial charge in [-0.05, 0) is 0 Å². The molecule has 88 valence electrons. The van der Waals surface area contributed by atoms with Crippen molar-refractivity contribution in [3.63, 3.8) is 0 Å². The van der Waals surface area contributed by atoms with Crippen LogP contribution in [0.3, 0.4) is 0 Å². The molecule has 0 unspecified atom stereocenters. The number of aromatic nitrogens is 2. The summed E-state index contributed by atoms with van der Waals surface area (Å²) in [5.74, 6) is 0. The molecule has 1 aromatic rings. The van der Waals surface area contributed by atoms with Crippen molar-refractivity contribution in [2.45, 2.75) is 19.4 Å². The van der Waals surface area contributed by atoms with Gasteiger partial charge in [0.25, 0.3) is 0 Å². The summed E-state index contributed by atoms with van der Waals surface area (Å²) in [6.07, 6.45) is 3.66. The summed E-state index contributed by atoms with van der Waals surface area (Å²) in [6.45, 7) is 3.14. The van der Waals surface area contributed by atoms with Crippen LogP contribution in [0.15, 0.2) is 6.20 Å². The zero-order valence-electron chi connectivity index (χ0n) is 9.53. The minimum atomic E-state index is 0.483. The smallest absolute Gasteiger partial charge is 0.316 e. The van der Waals surface area contributed by atoms with Crippen molar-refractivity contribution in [2.75, 3.05) is 26.9 Å². The number of ether oxygens (including phenoxy) is 2. The summed E-state index contributed by atoms with van der Waals surface area (Å²) in [5.41, 5.74) is 2.28. The molecule has 0 spiro atoms. The maximum absolute atomic E-state index is 5.45. The van der Waals surface area contributed by atoms with Gasteiger partial charge < -0.3 is 14.8 Å². The molecule has 0 aromatic carbocycles. The molecule has 0 saturated carbocycles. The van der Waals surface area contributed by atoms with Gasteiger partial charge in [-0.3, -0.25) is 0 Å². The fraction of sp³-hybridized carbons (Fsp3) is 0.636. The molecule has 2 heterocycles. The molecule has 1 aromatic heterocycles. The topological polar surface area (TPSA) is 56.3 Å². The summed E-state index contributed by atoms with van der Waals surface area (Å²) in [4.78, 5) is 8.57. The molecular weight excluding hydrogens is 206 g/mol. The predicted molar refractivity (Wildman–Crippen MR) is 59.4 cm³/mol. The Morgan fingerprint density at radius 1 is 1.44 bits per heavy atom. The van der Waals surface area contributed by atoms with Crippen molar-refractivity contribution in [3.8, 4) is 6.01 Å². The zero-order chi connectivity index (χ0) is 11.2. The molecule has 0 fully saturated rings. The second-order valence-corrected chi connectivity index (χ2v) is 3.75. The van der Waals surface area contributed by atoms with Crippen LogP contribution in [0, 0.1) is 0 Å². The van der Waals surface area contributed by atoms with Gasteiger partial charge in [0.2, 0.25) is 0 Å². The normalized spacial score (nSPS) is 14.6. The van der Waals surface area contributed by atoms with Gasteiger partial charge in [0, 0.05) is 51.4 Å². The Kier molecular flexibility index (Phi) is 4.07. The van der Waals surface area contributed by atoms with Crippen LogP contribution in [0.4, 0.5) is 0 Å². The molecule has 1 aliphatic rings. The molecule has 0 saturated heterocycles. The van der Waals surface area contributed by atoms with Crippen molar-refractivity contribution in [2.24, 2.45) is 0 Å². The third-order valence-electron chi connectivity index (χ3n) is 2.51. The van der Waals surface area contributed by atoms with Gasteiger partial charge in [0.1, 0.15) is 0 Å². The van der Waals surface area contributed by atoms with Gasteiger partial charge >= 0.3 is 6.01 Å². The summed E-state index contributed by atoms with van der Waals surface area (Å²) in [5, 5.41) is 3.28. The van der Waals surface area contributed by atoms with Crippen LogP contribution in [0.2, 0.25) is 0 Å². The maximum Gasteiger partial charge on any atom is 0.316 e. The Labute approximate surface area is 95.2 Å². The second-order valence-electron chi connectivity index (χ2n) is 3.75. The van der Waals surface area contributed by atoms with Gasteiger partial charge in [-0.1, -0.05) is 0 Å². The van der Waals surface area contributed by atoms with E-state index in [1.165, 1.54) is 5.56 Å². The Hall–Kier alpha value is -1.20. The van der Waals surface area contributed by atoms with E-state index >= 15 is 0 Å². The fourth-order valence-electron chi connectivity index (χ4n) is 1.65. The van der Waals surface area contributed by atoms with Gasteiger partial charge in [0.05, 0.1) is 12.3 Å². The third-order valence-corrected chi connectivity index (χ3v) is 2.51. The largest absolute Gasteiger partial charge is 0.463 e. The molecule has 0 bridgehead atoms. The van der Waals surface area contributed by atoms with Crippen molar-refractivity contribution in [3.05, 3.63) is 17.5 Å². The molecule has 1 aliphatic heterocycles. The van der Waals surface area contributed by atoms with E-state index in [1.54, 1.807) is 7.11 Å². The van der Waals surface area contributed by atoms with Crippen molar-refractivity contribution in [1.29, 1.82) is 0 Å². The number of fused-ring (bicyclic) bond motifs is 1. The SMILES string of the molecule is COCCCOc1ncc2c(n1)CCNC2. The van der Waals surface area contributed by atoms with Crippen LogP contribution in [0.1, 0.15) is 17.7 Å². The average molecular weight is 223 g/mol. The van der Waals surface area contributed by atoms with E-state index < -0.39 is 0 Å². The standard InChI is InChI=1S/C11H17N3O2/c1-15-5-2-6-16-11-13-8-9-7-12-4-3-10(9)14-11/h8,12H,2-7H2,1H3. The summed E-state index contributed by atoms with van der Waals surface area (Å²) >= 11 is 0. The number of nitrogens with zero attached hydrogens (tertiary/aromatic N) is 2. The zero-order valence-corrected chi connectivity index (χ0v) is 9.53. The number of nitrogens with one attached hydrogen (secondary N) is 1. The van der Waals surface area contributed by atoms with Crippen LogP contribution in [0.5, 0.6) is 6.01 Å². The van der Waals surface area contributed by atoms with Gasteiger partial charge in [-0.25, -0.2) is 4.98 Å². The van der Waals surface area contributed by atoms with E-state index in [4.69, 9.17) is 9.47 Å². The Morgan fingerprint density at radius 2 is 2.38 bits per heavy atom. The highest BCUT2D eigenvalue weighted by Gasteiger charge is 2.11. The van der Waals surface area contributed by atoms with E-state index in [9.17, 15) is 0 Å². The Balaban J connectivity index is 1.90. The van der Waals surface area contributed by atoms with E-state index in [1.807, 2.05) is 6.20 Å². The number of rotatable bonds is 5. The molecular formula is C11H17N3O2. The summed E-state index contributed by atoms with van der Waals surface area (Å²) in [6, 6.07) is 0.483. The minimum absolute atomic E-state index is 0.483. The van der Waals surface area contributed by atoms with Crippen LogP contribution in [-0.2, 0) is 17.7 Å². The van der Waals surface area contributed by atoms with E-state index in [-0.39, 0.29) is 0 Å². The highest BCUT2D eigenvalue weighted by atomic mass is 16.5.